The van der Waals surface area contributed by atoms with Crippen molar-refractivity contribution in [3.8, 4) is 0 Å². The standard InChI is InChI=1S/C12H15NS/c1-3-12(2,13)10-6-4-5-9-7-8-14-11(9)10/h4-8H,3,13H2,1-2H3. The number of hydrogen-bond acceptors (Lipinski definition) is 2. The average Bonchev–Trinajstić information content (AvgIpc) is 2.64. The van der Waals surface area contributed by atoms with E-state index < -0.39 is 0 Å². The molecule has 0 aliphatic heterocycles. The third kappa shape index (κ3) is 1.45. The van der Waals surface area contributed by atoms with Gasteiger partial charge in [-0.25, -0.2) is 0 Å². The predicted molar refractivity (Wildman–Crippen MR) is 63.7 cm³/mol. The van der Waals surface area contributed by atoms with Crippen LogP contribution >= 0.6 is 11.3 Å². The zero-order valence-electron chi connectivity index (χ0n) is 8.58. The van der Waals surface area contributed by atoms with Gasteiger partial charge in [0, 0.05) is 10.2 Å². The lowest BCUT2D eigenvalue weighted by Gasteiger charge is -2.23. The Balaban J connectivity index is 2.67. The SMILES string of the molecule is CCC(C)(N)c1cccc2ccsc12. The van der Waals surface area contributed by atoms with E-state index in [4.69, 9.17) is 5.73 Å². The molecule has 0 saturated carbocycles. The molecule has 1 nitrogen and oxygen atoms in total. The second-order valence-corrected chi connectivity index (χ2v) is 4.83. The summed E-state index contributed by atoms with van der Waals surface area (Å²) >= 11 is 1.78. The summed E-state index contributed by atoms with van der Waals surface area (Å²) < 4.78 is 1.33. The van der Waals surface area contributed by atoms with E-state index in [2.05, 4.69) is 43.5 Å². The molecule has 0 spiro atoms. The molecule has 0 amide bonds. The van der Waals surface area contributed by atoms with E-state index in [1.165, 1.54) is 15.6 Å². The quantitative estimate of drug-likeness (QED) is 0.798. The minimum Gasteiger partial charge on any atom is -0.322 e. The first-order valence-corrected chi connectivity index (χ1v) is 5.78. The monoisotopic (exact) mass is 205 g/mol. The number of thiophene rings is 1. The van der Waals surface area contributed by atoms with Crippen molar-refractivity contribution in [2.24, 2.45) is 5.73 Å². The minimum absolute atomic E-state index is 0.204. The van der Waals surface area contributed by atoms with Gasteiger partial charge in [-0.15, -0.1) is 11.3 Å². The zero-order chi connectivity index (χ0) is 10.2. The van der Waals surface area contributed by atoms with Gasteiger partial charge in [0.15, 0.2) is 0 Å². The number of nitrogens with two attached hydrogens (primary N) is 1. The molecule has 1 aromatic carbocycles. The van der Waals surface area contributed by atoms with Gasteiger partial charge in [-0.2, -0.15) is 0 Å². The topological polar surface area (TPSA) is 26.0 Å². The van der Waals surface area contributed by atoms with Gasteiger partial charge in [0.1, 0.15) is 0 Å². The highest BCUT2D eigenvalue weighted by Gasteiger charge is 2.21. The van der Waals surface area contributed by atoms with Gasteiger partial charge in [0.25, 0.3) is 0 Å². The number of hydrogen-bond donors (Lipinski definition) is 1. The van der Waals surface area contributed by atoms with E-state index in [0.717, 1.165) is 6.42 Å². The summed E-state index contributed by atoms with van der Waals surface area (Å²) in [6.07, 6.45) is 0.962. The van der Waals surface area contributed by atoms with Gasteiger partial charge in [0.05, 0.1) is 0 Å². The Kier molecular flexibility index (Phi) is 2.33. The fourth-order valence-corrected chi connectivity index (χ4v) is 2.68. The van der Waals surface area contributed by atoms with Crippen LogP contribution in [0.4, 0.5) is 0 Å². The van der Waals surface area contributed by atoms with E-state index in [9.17, 15) is 0 Å². The minimum atomic E-state index is -0.204. The van der Waals surface area contributed by atoms with Crippen molar-refractivity contribution in [2.45, 2.75) is 25.8 Å². The van der Waals surface area contributed by atoms with Crippen LogP contribution in [0.2, 0.25) is 0 Å². The van der Waals surface area contributed by atoms with E-state index >= 15 is 0 Å². The Hall–Kier alpha value is -0.860. The molecule has 0 saturated heterocycles. The third-order valence-electron chi connectivity index (χ3n) is 2.83. The van der Waals surface area contributed by atoms with Crippen LogP contribution < -0.4 is 5.73 Å². The van der Waals surface area contributed by atoms with E-state index in [1.54, 1.807) is 11.3 Å². The van der Waals surface area contributed by atoms with E-state index in [1.807, 2.05) is 0 Å². The van der Waals surface area contributed by atoms with Crippen molar-refractivity contribution in [1.82, 2.24) is 0 Å². The van der Waals surface area contributed by atoms with Crippen LogP contribution in [-0.2, 0) is 5.54 Å². The van der Waals surface area contributed by atoms with Crippen LogP contribution in [0, 0.1) is 0 Å². The largest absolute Gasteiger partial charge is 0.322 e. The zero-order valence-corrected chi connectivity index (χ0v) is 9.40. The van der Waals surface area contributed by atoms with Crippen LogP contribution in [0.3, 0.4) is 0 Å². The molecule has 1 atom stereocenters. The molecular weight excluding hydrogens is 190 g/mol. The number of benzene rings is 1. The molecule has 74 valence electrons. The molecular formula is C12H15NS. The third-order valence-corrected chi connectivity index (χ3v) is 3.79. The first-order valence-electron chi connectivity index (χ1n) is 4.91. The Labute approximate surface area is 88.6 Å². The molecule has 0 fully saturated rings. The Morgan fingerprint density at radius 2 is 2.14 bits per heavy atom. The molecule has 1 aromatic heterocycles. The van der Waals surface area contributed by atoms with Crippen LogP contribution in [0.5, 0.6) is 0 Å². The van der Waals surface area contributed by atoms with Gasteiger partial charge < -0.3 is 5.73 Å². The summed E-state index contributed by atoms with van der Waals surface area (Å²) in [5, 5.41) is 3.43. The van der Waals surface area contributed by atoms with Gasteiger partial charge in [-0.3, -0.25) is 0 Å². The maximum absolute atomic E-state index is 6.27. The molecule has 0 radical (unpaired) electrons. The summed E-state index contributed by atoms with van der Waals surface area (Å²) in [4.78, 5) is 0. The second kappa shape index (κ2) is 3.37. The highest BCUT2D eigenvalue weighted by Crippen LogP contribution is 2.32. The first-order chi connectivity index (χ1) is 6.65. The second-order valence-electron chi connectivity index (χ2n) is 3.92. The number of rotatable bonds is 2. The molecule has 0 bridgehead atoms. The fourth-order valence-electron chi connectivity index (χ4n) is 1.63. The maximum Gasteiger partial charge on any atom is 0.0393 e. The lowest BCUT2D eigenvalue weighted by atomic mass is 9.90. The van der Waals surface area contributed by atoms with Crippen molar-refractivity contribution in [3.05, 3.63) is 35.2 Å². The van der Waals surface area contributed by atoms with E-state index in [0.29, 0.717) is 0 Å². The average molecular weight is 205 g/mol. The van der Waals surface area contributed by atoms with Gasteiger partial charge >= 0.3 is 0 Å². The first kappa shape index (κ1) is 9.69. The Morgan fingerprint density at radius 1 is 1.36 bits per heavy atom. The molecule has 14 heavy (non-hydrogen) atoms. The predicted octanol–water partition coefficient (Wildman–Crippen LogP) is 3.49. The molecule has 2 N–H and O–H groups in total. The van der Waals surface area contributed by atoms with Crippen LogP contribution in [0.15, 0.2) is 29.6 Å². The van der Waals surface area contributed by atoms with Crippen LogP contribution in [0.1, 0.15) is 25.8 Å². The lowest BCUT2D eigenvalue weighted by Crippen LogP contribution is -2.31. The highest BCUT2D eigenvalue weighted by molar-refractivity contribution is 7.17. The molecule has 2 heteroatoms. The molecule has 1 unspecified atom stereocenters. The number of fused-ring (bicyclic) bond motifs is 1. The smallest absolute Gasteiger partial charge is 0.0393 e. The van der Waals surface area contributed by atoms with Crippen LogP contribution in [0.25, 0.3) is 10.1 Å². The summed E-state index contributed by atoms with van der Waals surface area (Å²) in [6.45, 7) is 4.23. The summed E-state index contributed by atoms with van der Waals surface area (Å²) in [6, 6.07) is 8.52. The fraction of sp³-hybridized carbons (Fsp3) is 0.333. The van der Waals surface area contributed by atoms with Crippen molar-refractivity contribution >= 4 is 21.4 Å². The molecule has 0 aliphatic carbocycles. The van der Waals surface area contributed by atoms with Gasteiger partial charge in [0.2, 0.25) is 0 Å². The Morgan fingerprint density at radius 3 is 2.86 bits per heavy atom. The molecule has 0 aliphatic rings. The lowest BCUT2D eigenvalue weighted by molar-refractivity contribution is 0.481. The normalized spacial score (nSPS) is 15.6. The molecule has 1 heterocycles. The summed E-state index contributed by atoms with van der Waals surface area (Å²) in [5.41, 5.74) is 7.34. The van der Waals surface area contributed by atoms with E-state index in [-0.39, 0.29) is 5.54 Å². The molecule has 2 rings (SSSR count). The summed E-state index contributed by atoms with van der Waals surface area (Å²) in [7, 11) is 0. The van der Waals surface area contributed by atoms with Crippen molar-refractivity contribution in [3.63, 3.8) is 0 Å². The van der Waals surface area contributed by atoms with Gasteiger partial charge in [-0.05, 0) is 35.7 Å². The van der Waals surface area contributed by atoms with Crippen LogP contribution in [-0.4, -0.2) is 0 Å². The molecule has 2 aromatic rings. The maximum atomic E-state index is 6.27. The summed E-state index contributed by atoms with van der Waals surface area (Å²) in [5.74, 6) is 0. The van der Waals surface area contributed by atoms with Gasteiger partial charge in [-0.1, -0.05) is 25.1 Å². The van der Waals surface area contributed by atoms with Crippen molar-refractivity contribution in [2.75, 3.05) is 0 Å². The Bertz CT molecular complexity index is 442. The van der Waals surface area contributed by atoms with Crippen molar-refractivity contribution in [1.29, 1.82) is 0 Å². The van der Waals surface area contributed by atoms with Crippen molar-refractivity contribution < 1.29 is 0 Å². The highest BCUT2D eigenvalue weighted by atomic mass is 32.1.